The molecule has 3 aromatic rings. The number of halogens is 1. The fraction of sp³-hybridized carbons (Fsp3) is 0.176. The van der Waals surface area contributed by atoms with Crippen molar-refractivity contribution in [2.45, 2.75) is 13.3 Å². The average Bonchev–Trinajstić information content (AvgIpc) is 3.26. The number of nitrogens with one attached hydrogen (secondary N) is 2. The maximum absolute atomic E-state index is 12.3. The number of esters is 1. The zero-order valence-electron chi connectivity index (χ0n) is 14.2. The van der Waals surface area contributed by atoms with Crippen molar-refractivity contribution >= 4 is 62.1 Å². The summed E-state index contributed by atoms with van der Waals surface area (Å²) in [7, 11) is 0. The van der Waals surface area contributed by atoms with Gasteiger partial charge in [-0.2, -0.15) is 0 Å². The summed E-state index contributed by atoms with van der Waals surface area (Å²) < 4.78 is 4.98. The van der Waals surface area contributed by atoms with Crippen LogP contribution in [0, 0.1) is 0 Å². The molecule has 0 saturated carbocycles. The minimum atomic E-state index is -0.454. The number of pyridine rings is 1. The van der Waals surface area contributed by atoms with Crippen LogP contribution in [-0.4, -0.2) is 28.5 Å². The molecule has 0 aliphatic heterocycles. The molecule has 0 aliphatic rings. The number of carbonyl (C=O) groups is 2. The molecule has 27 heavy (non-hydrogen) atoms. The molecule has 0 unspecified atom stereocenters. The van der Waals surface area contributed by atoms with E-state index in [0.29, 0.717) is 32.2 Å². The number of thiazole rings is 1. The van der Waals surface area contributed by atoms with Gasteiger partial charge in [0.25, 0.3) is 0 Å². The third-order valence-electron chi connectivity index (χ3n) is 3.27. The van der Waals surface area contributed by atoms with Gasteiger partial charge in [0.15, 0.2) is 5.13 Å². The number of hydrogen-bond acceptors (Lipinski definition) is 8. The molecule has 7 nitrogen and oxygen atoms in total. The first kappa shape index (κ1) is 19.3. The topological polar surface area (TPSA) is 93.2 Å². The number of ether oxygens (including phenoxy) is 1. The van der Waals surface area contributed by atoms with Crippen LogP contribution in [0.5, 0.6) is 0 Å². The molecule has 0 fully saturated rings. The van der Waals surface area contributed by atoms with E-state index >= 15 is 0 Å². The highest BCUT2D eigenvalue weighted by molar-refractivity contribution is 7.14. The van der Waals surface area contributed by atoms with Gasteiger partial charge in [-0.25, -0.2) is 14.8 Å². The zero-order valence-corrected chi connectivity index (χ0v) is 16.6. The first-order valence-corrected chi connectivity index (χ1v) is 10.1. The minimum Gasteiger partial charge on any atom is -0.462 e. The van der Waals surface area contributed by atoms with Gasteiger partial charge < -0.3 is 15.4 Å². The molecule has 3 rings (SSSR count). The average molecular weight is 423 g/mol. The quantitative estimate of drug-likeness (QED) is 0.549. The fourth-order valence-electron chi connectivity index (χ4n) is 2.12. The van der Waals surface area contributed by atoms with E-state index in [1.165, 1.54) is 28.9 Å². The lowest BCUT2D eigenvalue weighted by atomic mass is 10.3. The van der Waals surface area contributed by atoms with Crippen molar-refractivity contribution in [1.29, 1.82) is 0 Å². The lowest BCUT2D eigenvalue weighted by Crippen LogP contribution is -2.16. The number of rotatable bonds is 7. The van der Waals surface area contributed by atoms with E-state index < -0.39 is 5.97 Å². The Labute approximate surface area is 168 Å². The van der Waals surface area contributed by atoms with Gasteiger partial charge in [-0.15, -0.1) is 22.7 Å². The van der Waals surface area contributed by atoms with Crippen LogP contribution in [0.25, 0.3) is 0 Å². The molecule has 10 heteroatoms. The van der Waals surface area contributed by atoms with E-state index in [1.54, 1.807) is 35.9 Å². The third kappa shape index (κ3) is 5.25. The molecular formula is C17H15ClN4O3S2. The molecule has 0 atom stereocenters. The Hall–Kier alpha value is -2.49. The molecular weight excluding hydrogens is 408 g/mol. The van der Waals surface area contributed by atoms with Crippen LogP contribution >= 0.6 is 34.3 Å². The van der Waals surface area contributed by atoms with Crippen molar-refractivity contribution in [2.24, 2.45) is 0 Å². The van der Waals surface area contributed by atoms with Crippen molar-refractivity contribution in [1.82, 2.24) is 9.97 Å². The monoisotopic (exact) mass is 422 g/mol. The zero-order chi connectivity index (χ0) is 19.2. The largest absolute Gasteiger partial charge is 0.462 e. The smallest absolute Gasteiger partial charge is 0.341 e. The molecule has 0 radical (unpaired) electrons. The van der Waals surface area contributed by atoms with Crippen LogP contribution in [0.4, 0.5) is 16.0 Å². The van der Waals surface area contributed by atoms with Crippen molar-refractivity contribution in [3.05, 3.63) is 51.4 Å². The maximum Gasteiger partial charge on any atom is 0.341 e. The van der Waals surface area contributed by atoms with Crippen LogP contribution in [0.2, 0.25) is 5.02 Å². The summed E-state index contributed by atoms with van der Waals surface area (Å²) >= 11 is 8.44. The molecule has 0 saturated heterocycles. The van der Waals surface area contributed by atoms with Gasteiger partial charge in [-0.3, -0.25) is 4.79 Å². The highest BCUT2D eigenvalue weighted by Gasteiger charge is 2.17. The Bertz CT molecular complexity index is 940. The summed E-state index contributed by atoms with van der Waals surface area (Å²) in [5.41, 5.74) is 0.966. The molecule has 0 spiro atoms. The Morgan fingerprint density at radius 1 is 1.26 bits per heavy atom. The third-order valence-corrected chi connectivity index (χ3v) is 5.13. The fourth-order valence-corrected chi connectivity index (χ4v) is 3.74. The Morgan fingerprint density at radius 2 is 2.11 bits per heavy atom. The summed E-state index contributed by atoms with van der Waals surface area (Å²) in [6.07, 6.45) is 1.63. The first-order chi connectivity index (χ1) is 13.0. The predicted molar refractivity (Wildman–Crippen MR) is 107 cm³/mol. The van der Waals surface area contributed by atoms with Crippen molar-refractivity contribution in [3.8, 4) is 0 Å². The van der Waals surface area contributed by atoms with Crippen molar-refractivity contribution < 1.29 is 14.3 Å². The Balaban J connectivity index is 1.59. The maximum atomic E-state index is 12.3. The highest BCUT2D eigenvalue weighted by atomic mass is 35.5. The van der Waals surface area contributed by atoms with Gasteiger partial charge in [-0.05, 0) is 30.5 Å². The van der Waals surface area contributed by atoms with E-state index in [1.807, 2.05) is 0 Å². The Kier molecular flexibility index (Phi) is 6.38. The highest BCUT2D eigenvalue weighted by Crippen LogP contribution is 2.25. The molecule has 140 valence electrons. The minimum absolute atomic E-state index is 0.0897. The summed E-state index contributed by atoms with van der Waals surface area (Å²) in [5, 5.41) is 11.0. The van der Waals surface area contributed by atoms with Crippen LogP contribution in [0.3, 0.4) is 0 Å². The second-order valence-corrected chi connectivity index (χ2v) is 7.45. The lowest BCUT2D eigenvalue weighted by molar-refractivity contribution is -0.115. The number of anilines is 3. The van der Waals surface area contributed by atoms with Gasteiger partial charge in [0.1, 0.15) is 10.8 Å². The summed E-state index contributed by atoms with van der Waals surface area (Å²) in [5.74, 6) is -0.100. The van der Waals surface area contributed by atoms with E-state index in [9.17, 15) is 9.59 Å². The van der Waals surface area contributed by atoms with E-state index in [-0.39, 0.29) is 18.9 Å². The van der Waals surface area contributed by atoms with Gasteiger partial charge in [0.2, 0.25) is 5.91 Å². The van der Waals surface area contributed by atoms with Crippen LogP contribution in [0.1, 0.15) is 23.0 Å². The standard InChI is InChI=1S/C17H15ClN4O3S2/c1-2-25-16(24)12-5-6-26-15(12)22-14(23)7-11-9-27-17(20-11)21-13-4-3-10(18)8-19-13/h3-6,8-9H,2,7H2,1H3,(H,22,23)(H,19,20,21). The van der Waals surface area contributed by atoms with E-state index in [2.05, 4.69) is 20.6 Å². The number of nitrogens with zero attached hydrogens (tertiary/aromatic N) is 2. The number of aromatic nitrogens is 2. The normalized spacial score (nSPS) is 10.4. The lowest BCUT2D eigenvalue weighted by Gasteiger charge is -2.05. The van der Waals surface area contributed by atoms with Crippen molar-refractivity contribution in [3.63, 3.8) is 0 Å². The van der Waals surface area contributed by atoms with Crippen LogP contribution in [0.15, 0.2) is 35.2 Å². The van der Waals surface area contributed by atoms with Crippen LogP contribution < -0.4 is 10.6 Å². The van der Waals surface area contributed by atoms with Gasteiger partial charge >= 0.3 is 5.97 Å². The predicted octanol–water partition coefficient (Wildman–Crippen LogP) is 4.35. The molecule has 2 N–H and O–H groups in total. The first-order valence-electron chi connectivity index (χ1n) is 7.92. The summed E-state index contributed by atoms with van der Waals surface area (Å²) in [6, 6.07) is 5.09. The number of thiophene rings is 1. The molecule has 1 amide bonds. The van der Waals surface area contributed by atoms with E-state index in [0.717, 1.165) is 0 Å². The second kappa shape index (κ2) is 8.94. The van der Waals surface area contributed by atoms with Crippen LogP contribution in [-0.2, 0) is 16.0 Å². The SMILES string of the molecule is CCOC(=O)c1ccsc1NC(=O)Cc1csc(Nc2ccc(Cl)cn2)n1. The molecule has 0 aromatic carbocycles. The van der Waals surface area contributed by atoms with Gasteiger partial charge in [0.05, 0.1) is 29.3 Å². The molecule has 3 heterocycles. The van der Waals surface area contributed by atoms with Gasteiger partial charge in [-0.1, -0.05) is 11.6 Å². The molecule has 3 aromatic heterocycles. The Morgan fingerprint density at radius 3 is 2.85 bits per heavy atom. The number of hydrogen-bond donors (Lipinski definition) is 2. The molecule has 0 aliphatic carbocycles. The molecule has 0 bridgehead atoms. The van der Waals surface area contributed by atoms with Gasteiger partial charge in [0, 0.05) is 11.6 Å². The second-order valence-electron chi connectivity index (χ2n) is 5.24. The summed E-state index contributed by atoms with van der Waals surface area (Å²) in [6.45, 7) is 2.01. The van der Waals surface area contributed by atoms with Crippen molar-refractivity contribution in [2.75, 3.05) is 17.2 Å². The van der Waals surface area contributed by atoms with E-state index in [4.69, 9.17) is 16.3 Å². The number of amides is 1. The summed E-state index contributed by atoms with van der Waals surface area (Å²) in [4.78, 5) is 32.6. The number of carbonyl (C=O) groups excluding carboxylic acids is 2.